The van der Waals surface area contributed by atoms with Crippen LogP contribution in [0.1, 0.15) is 0 Å². The Morgan fingerprint density at radius 2 is 1.25 bits per heavy atom. The SMILES string of the molecule is [O]=[Co].[O]=[Zn]. The maximum atomic E-state index is 8.38. The summed E-state index contributed by atoms with van der Waals surface area (Å²) in [5, 5.41) is 0. The molecule has 0 saturated carbocycles. The van der Waals surface area contributed by atoms with Crippen molar-refractivity contribution in [1.29, 1.82) is 0 Å². The van der Waals surface area contributed by atoms with Crippen LogP contribution >= 0.6 is 0 Å². The summed E-state index contributed by atoms with van der Waals surface area (Å²) in [6.07, 6.45) is 0. The first kappa shape index (κ1) is 8.83. The molecule has 2 nitrogen and oxygen atoms in total. The van der Waals surface area contributed by atoms with Crippen molar-refractivity contribution >= 4 is 0 Å². The summed E-state index contributed by atoms with van der Waals surface area (Å²) in [4.78, 5) is 0. The van der Waals surface area contributed by atoms with E-state index in [2.05, 4.69) is 15.7 Å². The minimum atomic E-state index is 0.125. The fraction of sp³-hybridized carbons (Fsp3) is 0. The van der Waals surface area contributed by atoms with E-state index in [1.165, 1.54) is 0 Å². The summed E-state index contributed by atoms with van der Waals surface area (Å²) in [6.45, 7) is 0. The quantitative estimate of drug-likeness (QED) is 0.454. The van der Waals surface area contributed by atoms with E-state index < -0.39 is 0 Å². The molecule has 4 heavy (non-hydrogen) atoms. The maximum absolute atomic E-state index is 8.38. The van der Waals surface area contributed by atoms with Gasteiger partial charge in [0, 0.05) is 0 Å². The van der Waals surface area contributed by atoms with Gasteiger partial charge in [0.1, 0.15) is 0 Å². The van der Waals surface area contributed by atoms with Gasteiger partial charge in [0.2, 0.25) is 0 Å². The topological polar surface area (TPSA) is 34.1 Å². The van der Waals surface area contributed by atoms with E-state index in [0.29, 0.717) is 0 Å². The number of rotatable bonds is 0. The summed E-state index contributed by atoms with van der Waals surface area (Å²) in [7, 11) is 0. The van der Waals surface area contributed by atoms with Gasteiger partial charge in [-0.2, -0.15) is 0 Å². The summed E-state index contributed by atoms with van der Waals surface area (Å²) in [5.41, 5.74) is 0. The first-order valence-electron chi connectivity index (χ1n) is 0.425. The Bertz CT molecular complexity index is 8.00. The average molecular weight is 156 g/mol. The Balaban J connectivity index is 0. The van der Waals surface area contributed by atoms with Gasteiger partial charge in [-0.25, -0.2) is 0 Å². The van der Waals surface area contributed by atoms with Crippen molar-refractivity contribution in [3.8, 4) is 0 Å². The first-order valence-corrected chi connectivity index (χ1v) is 2.06. The summed E-state index contributed by atoms with van der Waals surface area (Å²) in [5.74, 6) is 0. The third-order valence-corrected chi connectivity index (χ3v) is 0. The second kappa shape index (κ2) is 52.2. The van der Waals surface area contributed by atoms with Crippen LogP contribution in [0, 0.1) is 0 Å². The fourth-order valence-electron chi connectivity index (χ4n) is 0. The van der Waals surface area contributed by atoms with Gasteiger partial charge < -0.3 is 0 Å². The van der Waals surface area contributed by atoms with Gasteiger partial charge in [-0.3, -0.25) is 0 Å². The molecule has 0 atom stereocenters. The fourth-order valence-corrected chi connectivity index (χ4v) is 0. The molecule has 0 heterocycles. The van der Waals surface area contributed by atoms with Crippen LogP contribution < -0.4 is 0 Å². The van der Waals surface area contributed by atoms with E-state index >= 15 is 0 Å². The number of hydrogen-bond donors (Lipinski definition) is 0. The molecule has 0 fully saturated rings. The van der Waals surface area contributed by atoms with Gasteiger partial charge in [0.25, 0.3) is 0 Å². The van der Waals surface area contributed by atoms with Crippen LogP contribution in [-0.2, 0) is 41.4 Å². The van der Waals surface area contributed by atoms with Crippen LogP contribution in [0.3, 0.4) is 0 Å². The van der Waals surface area contributed by atoms with Crippen molar-refractivity contribution in [2.24, 2.45) is 0 Å². The van der Waals surface area contributed by atoms with Gasteiger partial charge in [-0.05, 0) is 0 Å². The second-order valence-electron chi connectivity index (χ2n) is 0. The van der Waals surface area contributed by atoms with Gasteiger partial charge in [-0.15, -0.1) is 0 Å². The van der Waals surface area contributed by atoms with Crippen molar-refractivity contribution in [3.63, 3.8) is 0 Å². The van der Waals surface area contributed by atoms with Crippen molar-refractivity contribution < 1.29 is 41.4 Å². The van der Waals surface area contributed by atoms with E-state index in [0.717, 1.165) is 0 Å². The Labute approximate surface area is 41.7 Å². The van der Waals surface area contributed by atoms with Crippen molar-refractivity contribution in [3.05, 3.63) is 0 Å². The molecule has 0 aliphatic heterocycles. The van der Waals surface area contributed by atoms with Crippen LogP contribution in [-0.4, -0.2) is 0 Å². The molecular formula is CoO2Zn. The van der Waals surface area contributed by atoms with E-state index in [4.69, 9.17) is 7.44 Å². The third-order valence-electron chi connectivity index (χ3n) is 0. The third kappa shape index (κ3) is 15.3. The molecule has 0 aromatic carbocycles. The van der Waals surface area contributed by atoms with Crippen molar-refractivity contribution in [2.75, 3.05) is 0 Å². The van der Waals surface area contributed by atoms with Crippen LogP contribution in [0.5, 0.6) is 0 Å². The van der Waals surface area contributed by atoms with E-state index in [9.17, 15) is 0 Å². The molecule has 0 saturated heterocycles. The average Bonchev–Trinajstić information content (AvgIpc) is 1.50. The summed E-state index contributed by atoms with van der Waals surface area (Å²) < 4.78 is 16.3. The predicted molar refractivity (Wildman–Crippen MR) is 1.37 cm³/mol. The van der Waals surface area contributed by atoms with E-state index in [1.54, 1.807) is 0 Å². The zero-order chi connectivity index (χ0) is 4.00. The molecule has 0 radical (unpaired) electrons. The number of hydrogen-bond acceptors (Lipinski definition) is 2. The minimum absolute atomic E-state index is 0.125. The Morgan fingerprint density at radius 3 is 1.25 bits per heavy atom. The zero-order valence-corrected chi connectivity index (χ0v) is 5.87. The van der Waals surface area contributed by atoms with E-state index in [-0.39, 0.29) is 18.3 Å². The van der Waals surface area contributed by atoms with Crippen LogP contribution in [0.15, 0.2) is 0 Å². The molecule has 4 heteroatoms. The second-order valence-corrected chi connectivity index (χ2v) is 0. The molecule has 0 unspecified atom stereocenters. The van der Waals surface area contributed by atoms with Gasteiger partial charge >= 0.3 is 41.4 Å². The molecule has 0 spiro atoms. The molecule has 0 amide bonds. The Morgan fingerprint density at radius 1 is 1.25 bits per heavy atom. The monoisotopic (exact) mass is 155 g/mol. The predicted octanol–water partition coefficient (Wildman–Crippen LogP) is -0.243. The molecule has 0 rings (SSSR count). The van der Waals surface area contributed by atoms with Crippen molar-refractivity contribution in [1.82, 2.24) is 0 Å². The van der Waals surface area contributed by atoms with Gasteiger partial charge in [0.05, 0.1) is 0 Å². The zero-order valence-electron chi connectivity index (χ0n) is 1.86. The van der Waals surface area contributed by atoms with Gasteiger partial charge in [-0.1, -0.05) is 0 Å². The Hall–Kier alpha value is 0.730. The normalized spacial score (nSPS) is 2.75. The molecule has 0 aliphatic carbocycles. The molecule has 0 bridgehead atoms. The van der Waals surface area contributed by atoms with Crippen LogP contribution in [0.25, 0.3) is 0 Å². The molecule has 0 N–H and O–H groups in total. The summed E-state index contributed by atoms with van der Waals surface area (Å²) >= 11 is 2.44. The first-order chi connectivity index (χ1) is 2.00. The van der Waals surface area contributed by atoms with E-state index in [1.807, 2.05) is 0 Å². The van der Waals surface area contributed by atoms with Gasteiger partial charge in [0.15, 0.2) is 0 Å². The molecule has 0 aliphatic rings. The molecular weight excluding hydrogens is 156 g/mol. The molecule has 0 aromatic heterocycles. The molecule has 0 aromatic rings. The summed E-state index contributed by atoms with van der Waals surface area (Å²) in [6, 6.07) is 0. The standard InChI is InChI=1S/Co.2O.Zn. The van der Waals surface area contributed by atoms with Crippen LogP contribution in [0.2, 0.25) is 0 Å². The van der Waals surface area contributed by atoms with Crippen molar-refractivity contribution in [2.45, 2.75) is 0 Å². The molecule has 23 valence electrons. The van der Waals surface area contributed by atoms with Crippen LogP contribution in [0.4, 0.5) is 0 Å². The Kier molecular flexibility index (Phi) is 115.